The third kappa shape index (κ3) is 4.21. The smallest absolute Gasteiger partial charge is 0.0594 e. The molecule has 0 amide bonds. The topological polar surface area (TPSA) is 15.7 Å². The zero-order valence-electron chi connectivity index (χ0n) is 14.9. The molecule has 4 rings (SSSR count). The molecule has 1 unspecified atom stereocenters. The summed E-state index contributed by atoms with van der Waals surface area (Å²) in [4.78, 5) is 8.60. The van der Waals surface area contributed by atoms with Crippen LogP contribution in [0.15, 0.2) is 12.1 Å². The van der Waals surface area contributed by atoms with Crippen LogP contribution in [0, 0.1) is 0 Å². The molecule has 4 heteroatoms. The van der Waals surface area contributed by atoms with Gasteiger partial charge in [0.15, 0.2) is 0 Å². The van der Waals surface area contributed by atoms with Gasteiger partial charge in [-0.1, -0.05) is 19.3 Å². The van der Waals surface area contributed by atoms with Crippen molar-refractivity contribution in [1.82, 2.24) is 9.80 Å². The maximum Gasteiger partial charge on any atom is 0.0594 e. The summed E-state index contributed by atoms with van der Waals surface area (Å²) < 4.78 is 5.52. The highest BCUT2D eigenvalue weighted by Gasteiger charge is 2.27. The molecule has 1 atom stereocenters. The molecule has 3 heterocycles. The van der Waals surface area contributed by atoms with Gasteiger partial charge in [-0.2, -0.15) is 0 Å². The molecule has 24 heavy (non-hydrogen) atoms. The van der Waals surface area contributed by atoms with E-state index in [9.17, 15) is 0 Å². The molecule has 3 nitrogen and oxygen atoms in total. The molecule has 0 bridgehead atoms. The first-order chi connectivity index (χ1) is 11.9. The van der Waals surface area contributed by atoms with Crippen molar-refractivity contribution in [3.8, 4) is 0 Å². The number of hydrogen-bond acceptors (Lipinski definition) is 4. The summed E-state index contributed by atoms with van der Waals surface area (Å²) in [5.74, 6) is 0.861. The molecule has 0 spiro atoms. The Bertz CT molecular complexity index is 505. The first kappa shape index (κ1) is 17.0. The van der Waals surface area contributed by atoms with E-state index in [1.165, 1.54) is 58.0 Å². The lowest BCUT2D eigenvalue weighted by atomic mass is 9.88. The maximum absolute atomic E-state index is 5.52. The van der Waals surface area contributed by atoms with E-state index in [1.807, 2.05) is 0 Å². The highest BCUT2D eigenvalue weighted by molar-refractivity contribution is 7.12. The minimum atomic E-state index is 0.750. The van der Waals surface area contributed by atoms with Crippen LogP contribution in [-0.4, -0.2) is 55.2 Å². The van der Waals surface area contributed by atoms with Gasteiger partial charge in [-0.15, -0.1) is 11.3 Å². The minimum Gasteiger partial charge on any atom is -0.379 e. The first-order valence-corrected chi connectivity index (χ1v) is 10.8. The molecule has 2 aliphatic heterocycles. The fourth-order valence-corrected chi connectivity index (χ4v) is 5.95. The molecule has 1 aliphatic carbocycles. The summed E-state index contributed by atoms with van der Waals surface area (Å²) >= 11 is 2.09. The lowest BCUT2D eigenvalue weighted by Gasteiger charge is -2.40. The number of likely N-dealkylation sites (tertiary alicyclic amines) is 1. The monoisotopic (exact) mass is 348 g/mol. The largest absolute Gasteiger partial charge is 0.379 e. The van der Waals surface area contributed by atoms with Crippen LogP contribution in [0.1, 0.15) is 60.6 Å². The second-order valence-corrected chi connectivity index (χ2v) is 9.02. The Balaban J connectivity index is 1.32. The standard InChI is InChI=1S/C20H32N2OS/c1-2-5-17(6-3-1)20-9-8-19(24-20)16-21-10-4-7-18(15-21)22-11-13-23-14-12-22/h8-9,17-18H,1-7,10-16H2. The van der Waals surface area contributed by atoms with Gasteiger partial charge in [-0.3, -0.25) is 9.80 Å². The average molecular weight is 349 g/mol. The molecule has 3 aliphatic rings. The van der Waals surface area contributed by atoms with E-state index in [0.29, 0.717) is 0 Å². The van der Waals surface area contributed by atoms with Gasteiger partial charge in [0.25, 0.3) is 0 Å². The third-order valence-electron chi connectivity index (χ3n) is 6.11. The van der Waals surface area contributed by atoms with Crippen molar-refractivity contribution >= 4 is 11.3 Å². The zero-order chi connectivity index (χ0) is 16.2. The number of hydrogen-bond donors (Lipinski definition) is 0. The third-order valence-corrected chi connectivity index (χ3v) is 7.34. The second kappa shape index (κ2) is 8.31. The molecule has 0 N–H and O–H groups in total. The Hall–Kier alpha value is -0.420. The summed E-state index contributed by atoms with van der Waals surface area (Å²) in [5, 5.41) is 0. The van der Waals surface area contributed by atoms with Gasteiger partial charge in [-0.25, -0.2) is 0 Å². The number of ether oxygens (including phenoxy) is 1. The number of rotatable bonds is 4. The van der Waals surface area contributed by atoms with E-state index in [2.05, 4.69) is 33.3 Å². The van der Waals surface area contributed by atoms with Gasteiger partial charge in [0.05, 0.1) is 13.2 Å². The van der Waals surface area contributed by atoms with Crippen LogP contribution in [0.25, 0.3) is 0 Å². The summed E-state index contributed by atoms with van der Waals surface area (Å²) in [7, 11) is 0. The van der Waals surface area contributed by atoms with E-state index >= 15 is 0 Å². The maximum atomic E-state index is 5.52. The van der Waals surface area contributed by atoms with Crippen molar-refractivity contribution in [3.05, 3.63) is 21.9 Å². The van der Waals surface area contributed by atoms with E-state index in [4.69, 9.17) is 4.74 Å². The second-order valence-electron chi connectivity index (χ2n) is 7.82. The Morgan fingerprint density at radius 1 is 0.958 bits per heavy atom. The van der Waals surface area contributed by atoms with Gasteiger partial charge in [-0.05, 0) is 50.3 Å². The molecule has 0 aromatic carbocycles. The van der Waals surface area contributed by atoms with E-state index in [-0.39, 0.29) is 0 Å². The van der Waals surface area contributed by atoms with Crippen molar-refractivity contribution in [2.45, 2.75) is 63.5 Å². The van der Waals surface area contributed by atoms with Crippen LogP contribution in [0.3, 0.4) is 0 Å². The molecule has 3 fully saturated rings. The van der Waals surface area contributed by atoms with E-state index in [0.717, 1.165) is 44.8 Å². The predicted molar refractivity (Wildman–Crippen MR) is 101 cm³/mol. The Labute approximate surface area is 151 Å². The van der Waals surface area contributed by atoms with Gasteiger partial charge >= 0.3 is 0 Å². The number of nitrogens with zero attached hydrogens (tertiary/aromatic N) is 2. The number of morpholine rings is 1. The van der Waals surface area contributed by atoms with Crippen molar-refractivity contribution in [1.29, 1.82) is 0 Å². The van der Waals surface area contributed by atoms with Crippen molar-refractivity contribution in [3.63, 3.8) is 0 Å². The molecule has 134 valence electrons. The molecule has 1 saturated carbocycles. The molecule has 2 saturated heterocycles. The lowest BCUT2D eigenvalue weighted by molar-refractivity contribution is -0.00346. The molecular formula is C20H32N2OS. The summed E-state index contributed by atoms with van der Waals surface area (Å²) in [6, 6.07) is 5.59. The Morgan fingerprint density at radius 3 is 2.62 bits per heavy atom. The molecule has 1 aromatic heterocycles. The summed E-state index contributed by atoms with van der Waals surface area (Å²) in [5.41, 5.74) is 0. The van der Waals surface area contributed by atoms with Crippen LogP contribution in [0.5, 0.6) is 0 Å². The normalized spacial score (nSPS) is 28.2. The van der Waals surface area contributed by atoms with Crippen molar-refractivity contribution in [2.24, 2.45) is 0 Å². The highest BCUT2D eigenvalue weighted by Crippen LogP contribution is 2.36. The molecular weight excluding hydrogens is 316 g/mol. The van der Waals surface area contributed by atoms with Crippen LogP contribution >= 0.6 is 11.3 Å². The predicted octanol–water partition coefficient (Wildman–Crippen LogP) is 4.09. The van der Waals surface area contributed by atoms with Crippen LogP contribution in [0.2, 0.25) is 0 Å². The fraction of sp³-hybridized carbons (Fsp3) is 0.800. The first-order valence-electron chi connectivity index (χ1n) is 10.0. The minimum absolute atomic E-state index is 0.750. The van der Waals surface area contributed by atoms with Gasteiger partial charge in [0, 0.05) is 42.0 Å². The zero-order valence-corrected chi connectivity index (χ0v) is 15.7. The summed E-state index contributed by atoms with van der Waals surface area (Å²) in [6.07, 6.45) is 9.88. The van der Waals surface area contributed by atoms with Crippen molar-refractivity contribution in [2.75, 3.05) is 39.4 Å². The Kier molecular flexibility index (Phi) is 5.89. The molecule has 0 radical (unpaired) electrons. The van der Waals surface area contributed by atoms with Gasteiger partial charge < -0.3 is 4.74 Å². The van der Waals surface area contributed by atoms with Crippen LogP contribution in [-0.2, 0) is 11.3 Å². The van der Waals surface area contributed by atoms with E-state index in [1.54, 1.807) is 9.75 Å². The quantitative estimate of drug-likeness (QED) is 0.815. The van der Waals surface area contributed by atoms with Crippen molar-refractivity contribution < 1.29 is 4.74 Å². The van der Waals surface area contributed by atoms with Crippen LogP contribution < -0.4 is 0 Å². The number of thiophene rings is 1. The van der Waals surface area contributed by atoms with Crippen LogP contribution in [0.4, 0.5) is 0 Å². The summed E-state index contributed by atoms with van der Waals surface area (Å²) in [6.45, 7) is 7.79. The van der Waals surface area contributed by atoms with Gasteiger partial charge in [0.1, 0.15) is 0 Å². The number of piperidine rings is 1. The highest BCUT2D eigenvalue weighted by atomic mass is 32.1. The molecule has 1 aromatic rings. The fourth-order valence-electron chi connectivity index (χ4n) is 4.72. The lowest BCUT2D eigenvalue weighted by Crippen LogP contribution is -2.51. The van der Waals surface area contributed by atoms with Gasteiger partial charge in [0.2, 0.25) is 0 Å². The Morgan fingerprint density at radius 2 is 1.79 bits per heavy atom. The SMILES string of the molecule is c1cc(C2CCCCC2)sc1CN1CCCC(N2CCOCC2)C1. The van der Waals surface area contributed by atoms with E-state index < -0.39 is 0 Å². The average Bonchev–Trinajstić information content (AvgIpc) is 3.12.